The molecule has 0 heterocycles. The molecule has 0 bridgehead atoms. The van der Waals surface area contributed by atoms with Crippen molar-refractivity contribution in [3.8, 4) is 0 Å². The molecule has 0 saturated carbocycles. The average molecular weight is 373 g/mol. The Labute approximate surface area is 150 Å². The highest BCUT2D eigenvalue weighted by atomic mass is 79.9. The summed E-state index contributed by atoms with van der Waals surface area (Å²) in [5.74, 6) is 0.760. The van der Waals surface area contributed by atoms with Gasteiger partial charge in [-0.15, -0.1) is 0 Å². The third-order valence-corrected chi connectivity index (χ3v) is 5.04. The SMILES string of the molecule is BrCCCCCCCC(Cc1ccccc1)Cc1ccccc1. The summed E-state index contributed by atoms with van der Waals surface area (Å²) in [4.78, 5) is 0. The van der Waals surface area contributed by atoms with Gasteiger partial charge < -0.3 is 0 Å². The van der Waals surface area contributed by atoms with Crippen molar-refractivity contribution in [1.29, 1.82) is 0 Å². The second-order valence-corrected chi connectivity index (χ2v) is 7.28. The molecular weight excluding hydrogens is 344 g/mol. The summed E-state index contributed by atoms with van der Waals surface area (Å²) in [7, 11) is 0. The van der Waals surface area contributed by atoms with Crippen LogP contribution in [0.25, 0.3) is 0 Å². The Morgan fingerprint density at radius 2 is 1.09 bits per heavy atom. The maximum absolute atomic E-state index is 3.52. The van der Waals surface area contributed by atoms with Gasteiger partial charge in [0.1, 0.15) is 0 Å². The van der Waals surface area contributed by atoms with Gasteiger partial charge in [-0.25, -0.2) is 0 Å². The zero-order valence-corrected chi connectivity index (χ0v) is 15.7. The highest BCUT2D eigenvalue weighted by molar-refractivity contribution is 9.09. The lowest BCUT2D eigenvalue weighted by atomic mass is 9.88. The number of benzene rings is 2. The van der Waals surface area contributed by atoms with E-state index in [1.807, 2.05) is 0 Å². The van der Waals surface area contributed by atoms with Crippen LogP contribution in [-0.2, 0) is 12.8 Å². The standard InChI is InChI=1S/C22H29Br/c23-17-11-3-1-2-6-16-22(18-20-12-7-4-8-13-20)19-21-14-9-5-10-15-21/h4-5,7-10,12-15,22H,1-3,6,11,16-19H2. The van der Waals surface area contributed by atoms with Crippen LogP contribution < -0.4 is 0 Å². The Hall–Kier alpha value is -1.08. The van der Waals surface area contributed by atoms with Gasteiger partial charge in [0.25, 0.3) is 0 Å². The van der Waals surface area contributed by atoms with Gasteiger partial charge in [-0.2, -0.15) is 0 Å². The molecule has 2 aromatic rings. The first-order valence-corrected chi connectivity index (χ1v) is 10.1. The van der Waals surface area contributed by atoms with Gasteiger partial charge in [-0.05, 0) is 42.7 Å². The van der Waals surface area contributed by atoms with Crippen molar-refractivity contribution in [3.05, 3.63) is 71.8 Å². The fraction of sp³-hybridized carbons (Fsp3) is 0.455. The summed E-state index contributed by atoms with van der Waals surface area (Å²) < 4.78 is 0. The molecule has 0 nitrogen and oxygen atoms in total. The molecule has 2 aromatic carbocycles. The van der Waals surface area contributed by atoms with Crippen LogP contribution in [0.2, 0.25) is 0 Å². The maximum atomic E-state index is 3.52. The highest BCUT2D eigenvalue weighted by Gasteiger charge is 2.10. The van der Waals surface area contributed by atoms with Crippen molar-refractivity contribution in [2.75, 3.05) is 5.33 Å². The Balaban J connectivity index is 1.83. The average Bonchev–Trinajstić information content (AvgIpc) is 2.60. The molecule has 0 aliphatic carbocycles. The van der Waals surface area contributed by atoms with E-state index in [0.717, 1.165) is 11.2 Å². The largest absolute Gasteiger partial charge is 0.0928 e. The predicted octanol–water partition coefficient (Wildman–Crippen LogP) is 6.82. The van der Waals surface area contributed by atoms with Crippen LogP contribution in [0.5, 0.6) is 0 Å². The molecule has 0 aliphatic rings. The van der Waals surface area contributed by atoms with E-state index < -0.39 is 0 Å². The van der Waals surface area contributed by atoms with Crippen LogP contribution in [-0.4, -0.2) is 5.33 Å². The monoisotopic (exact) mass is 372 g/mol. The molecule has 0 fully saturated rings. The number of rotatable bonds is 11. The van der Waals surface area contributed by atoms with Gasteiger partial charge >= 0.3 is 0 Å². The second-order valence-electron chi connectivity index (χ2n) is 6.49. The molecule has 2 rings (SSSR count). The Bertz CT molecular complexity index is 465. The predicted molar refractivity (Wildman–Crippen MR) is 105 cm³/mol. The summed E-state index contributed by atoms with van der Waals surface area (Å²) in [6.45, 7) is 0. The minimum Gasteiger partial charge on any atom is -0.0928 e. The summed E-state index contributed by atoms with van der Waals surface area (Å²) in [5, 5.41) is 1.15. The summed E-state index contributed by atoms with van der Waals surface area (Å²) in [6, 6.07) is 22.0. The zero-order chi connectivity index (χ0) is 16.2. The van der Waals surface area contributed by atoms with Crippen molar-refractivity contribution >= 4 is 15.9 Å². The van der Waals surface area contributed by atoms with Crippen molar-refractivity contribution in [2.45, 2.75) is 51.4 Å². The van der Waals surface area contributed by atoms with E-state index in [2.05, 4.69) is 76.6 Å². The first-order chi connectivity index (χ1) is 11.4. The zero-order valence-electron chi connectivity index (χ0n) is 14.1. The number of alkyl halides is 1. The molecule has 0 amide bonds. The van der Waals surface area contributed by atoms with Gasteiger partial charge in [0, 0.05) is 5.33 Å². The number of halogens is 1. The highest BCUT2D eigenvalue weighted by Crippen LogP contribution is 2.21. The van der Waals surface area contributed by atoms with Crippen molar-refractivity contribution in [2.24, 2.45) is 5.92 Å². The Morgan fingerprint density at radius 1 is 0.609 bits per heavy atom. The molecule has 124 valence electrons. The minimum atomic E-state index is 0.760. The van der Waals surface area contributed by atoms with Gasteiger partial charge in [0.15, 0.2) is 0 Å². The minimum absolute atomic E-state index is 0.760. The third kappa shape index (κ3) is 7.83. The van der Waals surface area contributed by atoms with Gasteiger partial charge in [-0.3, -0.25) is 0 Å². The fourth-order valence-electron chi connectivity index (χ4n) is 3.23. The van der Waals surface area contributed by atoms with Crippen LogP contribution in [0.15, 0.2) is 60.7 Å². The summed E-state index contributed by atoms with van der Waals surface area (Å²) >= 11 is 3.52. The van der Waals surface area contributed by atoms with E-state index in [0.29, 0.717) is 0 Å². The fourth-order valence-corrected chi connectivity index (χ4v) is 3.63. The molecule has 0 aromatic heterocycles. The van der Waals surface area contributed by atoms with Crippen molar-refractivity contribution in [1.82, 2.24) is 0 Å². The molecule has 0 radical (unpaired) electrons. The summed E-state index contributed by atoms with van der Waals surface area (Å²) in [5.41, 5.74) is 2.96. The van der Waals surface area contributed by atoms with Gasteiger partial charge in [0.2, 0.25) is 0 Å². The van der Waals surface area contributed by atoms with E-state index in [1.54, 1.807) is 0 Å². The molecule has 0 spiro atoms. The van der Waals surface area contributed by atoms with Crippen LogP contribution in [0.4, 0.5) is 0 Å². The van der Waals surface area contributed by atoms with Crippen LogP contribution in [0.3, 0.4) is 0 Å². The van der Waals surface area contributed by atoms with E-state index in [9.17, 15) is 0 Å². The smallest absolute Gasteiger partial charge is 0.00313 e. The molecule has 0 atom stereocenters. The lowest BCUT2D eigenvalue weighted by molar-refractivity contribution is 0.447. The molecular formula is C22H29Br. The lowest BCUT2D eigenvalue weighted by Crippen LogP contribution is -2.08. The molecule has 1 heteroatoms. The van der Waals surface area contributed by atoms with Crippen LogP contribution >= 0.6 is 15.9 Å². The van der Waals surface area contributed by atoms with Crippen molar-refractivity contribution in [3.63, 3.8) is 0 Å². The maximum Gasteiger partial charge on any atom is 0.00313 e. The van der Waals surface area contributed by atoms with Crippen LogP contribution in [0.1, 0.15) is 49.7 Å². The quantitative estimate of drug-likeness (QED) is 0.299. The first-order valence-electron chi connectivity index (χ1n) is 9.02. The Kier molecular flexibility index (Phi) is 9.09. The van der Waals surface area contributed by atoms with E-state index in [4.69, 9.17) is 0 Å². The number of hydrogen-bond acceptors (Lipinski definition) is 0. The first kappa shape index (κ1) is 18.3. The molecule has 0 aliphatic heterocycles. The van der Waals surface area contributed by atoms with Gasteiger partial charge in [-0.1, -0.05) is 102 Å². The molecule has 0 N–H and O–H groups in total. The summed E-state index contributed by atoms with van der Waals surface area (Å²) in [6.07, 6.45) is 10.6. The molecule has 0 unspecified atom stereocenters. The normalized spacial score (nSPS) is 11.0. The van der Waals surface area contributed by atoms with E-state index >= 15 is 0 Å². The Morgan fingerprint density at radius 3 is 1.61 bits per heavy atom. The van der Waals surface area contributed by atoms with Crippen LogP contribution in [0, 0.1) is 5.92 Å². The lowest BCUT2D eigenvalue weighted by Gasteiger charge is -2.17. The van der Waals surface area contributed by atoms with Gasteiger partial charge in [0.05, 0.1) is 0 Å². The second kappa shape index (κ2) is 11.5. The topological polar surface area (TPSA) is 0 Å². The van der Waals surface area contributed by atoms with Crippen molar-refractivity contribution < 1.29 is 0 Å². The number of unbranched alkanes of at least 4 members (excludes halogenated alkanes) is 4. The number of hydrogen-bond donors (Lipinski definition) is 0. The molecule has 0 saturated heterocycles. The third-order valence-electron chi connectivity index (χ3n) is 4.48. The molecule has 23 heavy (non-hydrogen) atoms. The van der Waals surface area contributed by atoms with E-state index in [-0.39, 0.29) is 0 Å². The van der Waals surface area contributed by atoms with E-state index in [1.165, 1.54) is 62.5 Å².